The fourth-order valence-electron chi connectivity index (χ4n) is 3.11. The zero-order chi connectivity index (χ0) is 20.3. The normalized spacial score (nSPS) is 22.0. The maximum Gasteiger partial charge on any atom is 0.297 e. The minimum atomic E-state index is -3.88. The van der Waals surface area contributed by atoms with Crippen LogP contribution >= 0.6 is 0 Å². The zero-order valence-corrected chi connectivity index (χ0v) is 16.7. The molecule has 0 unspecified atom stereocenters. The molecule has 2 heterocycles. The van der Waals surface area contributed by atoms with Gasteiger partial charge in [0.15, 0.2) is 0 Å². The van der Waals surface area contributed by atoms with Crippen molar-refractivity contribution in [2.45, 2.75) is 30.3 Å². The van der Waals surface area contributed by atoms with Gasteiger partial charge in [-0.15, -0.1) is 0 Å². The lowest BCUT2D eigenvalue weighted by Gasteiger charge is -2.28. The molecule has 8 nitrogen and oxygen atoms in total. The van der Waals surface area contributed by atoms with Gasteiger partial charge in [0, 0.05) is 5.56 Å². The molecule has 0 aliphatic carbocycles. The fraction of sp³-hybridized carbons (Fsp3) is 0.300. The van der Waals surface area contributed by atoms with Gasteiger partial charge in [-0.1, -0.05) is 48.0 Å². The quantitative estimate of drug-likeness (QED) is 0.547. The number of rotatable bonds is 7. The SMILES string of the molecule is Cc1ccc(S(=O)(=O)OC[C@@H]2CO[C@](Cn3nccn3)(c3ccccc3)O2)cc1. The molecule has 1 aliphatic rings. The molecule has 2 atom stereocenters. The summed E-state index contributed by atoms with van der Waals surface area (Å²) in [7, 11) is -3.88. The Balaban J connectivity index is 1.48. The monoisotopic (exact) mass is 415 g/mol. The molecule has 0 bridgehead atoms. The summed E-state index contributed by atoms with van der Waals surface area (Å²) >= 11 is 0. The molecular formula is C20H21N3O5S. The van der Waals surface area contributed by atoms with Crippen LogP contribution in [0, 0.1) is 6.92 Å². The molecule has 1 saturated heterocycles. The number of ether oxygens (including phenoxy) is 2. The van der Waals surface area contributed by atoms with Crippen LogP contribution in [0.3, 0.4) is 0 Å². The Hall–Kier alpha value is -2.59. The molecule has 1 fully saturated rings. The van der Waals surface area contributed by atoms with E-state index in [1.165, 1.54) is 16.9 Å². The summed E-state index contributed by atoms with van der Waals surface area (Å²) in [4.78, 5) is 1.58. The predicted molar refractivity (Wildman–Crippen MR) is 103 cm³/mol. The van der Waals surface area contributed by atoms with Crippen molar-refractivity contribution < 1.29 is 22.1 Å². The first-order valence-corrected chi connectivity index (χ1v) is 10.6. The van der Waals surface area contributed by atoms with E-state index in [0.717, 1.165) is 11.1 Å². The van der Waals surface area contributed by atoms with Gasteiger partial charge in [0.1, 0.15) is 12.6 Å². The van der Waals surface area contributed by atoms with Gasteiger partial charge >= 0.3 is 0 Å². The van der Waals surface area contributed by atoms with Crippen molar-refractivity contribution in [3.63, 3.8) is 0 Å². The highest BCUT2D eigenvalue weighted by atomic mass is 32.2. The minimum absolute atomic E-state index is 0.108. The average Bonchev–Trinajstić information content (AvgIpc) is 3.39. The topological polar surface area (TPSA) is 92.5 Å². The third-order valence-electron chi connectivity index (χ3n) is 4.61. The van der Waals surface area contributed by atoms with E-state index < -0.39 is 22.0 Å². The lowest BCUT2D eigenvalue weighted by molar-refractivity contribution is -0.192. The van der Waals surface area contributed by atoms with Crippen molar-refractivity contribution in [3.8, 4) is 0 Å². The molecule has 0 amide bonds. The largest absolute Gasteiger partial charge is 0.342 e. The van der Waals surface area contributed by atoms with Gasteiger partial charge in [-0.25, -0.2) is 0 Å². The van der Waals surface area contributed by atoms with Crippen molar-refractivity contribution in [2.24, 2.45) is 0 Å². The number of hydrogen-bond acceptors (Lipinski definition) is 7. The van der Waals surface area contributed by atoms with Crippen LogP contribution in [-0.2, 0) is 36.1 Å². The molecule has 152 valence electrons. The van der Waals surface area contributed by atoms with E-state index in [-0.39, 0.29) is 24.7 Å². The van der Waals surface area contributed by atoms with E-state index in [0.29, 0.717) is 0 Å². The molecule has 9 heteroatoms. The number of aromatic nitrogens is 3. The Morgan fingerprint density at radius 1 is 1.10 bits per heavy atom. The summed E-state index contributed by atoms with van der Waals surface area (Å²) < 4.78 is 42.3. The van der Waals surface area contributed by atoms with Crippen LogP contribution in [-0.4, -0.2) is 42.7 Å². The molecule has 0 N–H and O–H groups in total. The molecule has 0 spiro atoms. The molecule has 0 saturated carbocycles. The Bertz CT molecular complexity index is 1040. The number of benzene rings is 2. The molecule has 3 aromatic rings. The van der Waals surface area contributed by atoms with Gasteiger partial charge in [-0.05, 0) is 19.1 Å². The smallest absolute Gasteiger partial charge is 0.297 e. The molecule has 1 aromatic heterocycles. The van der Waals surface area contributed by atoms with Crippen molar-refractivity contribution in [1.82, 2.24) is 15.0 Å². The zero-order valence-electron chi connectivity index (χ0n) is 15.8. The first-order chi connectivity index (χ1) is 14.0. The second-order valence-corrected chi connectivity index (χ2v) is 8.40. The van der Waals surface area contributed by atoms with Crippen molar-refractivity contribution >= 4 is 10.1 Å². The van der Waals surface area contributed by atoms with E-state index in [9.17, 15) is 8.42 Å². The standard InChI is InChI=1S/C20H21N3O5S/c1-16-7-9-19(10-8-16)29(24,25)27-14-18-13-26-20(28-18,15-23-21-11-12-22-23)17-5-3-2-4-6-17/h2-12,18H,13-15H2,1H3/t18-,20-/m0/s1. The number of hydrogen-bond donors (Lipinski definition) is 0. The van der Waals surface area contributed by atoms with Gasteiger partial charge < -0.3 is 9.47 Å². The number of aryl methyl sites for hydroxylation is 1. The van der Waals surface area contributed by atoms with E-state index in [1.54, 1.807) is 24.5 Å². The van der Waals surface area contributed by atoms with Gasteiger partial charge in [0.05, 0.1) is 30.5 Å². The van der Waals surface area contributed by atoms with Crippen LogP contribution in [0.25, 0.3) is 0 Å². The Morgan fingerprint density at radius 2 is 1.79 bits per heavy atom. The summed E-state index contributed by atoms with van der Waals surface area (Å²) in [5, 5.41) is 8.25. The summed E-state index contributed by atoms with van der Waals surface area (Å²) in [6.07, 6.45) is 2.58. The first-order valence-electron chi connectivity index (χ1n) is 9.14. The predicted octanol–water partition coefficient (Wildman–Crippen LogP) is 2.26. The molecule has 0 radical (unpaired) electrons. The molecule has 2 aromatic carbocycles. The second kappa shape index (κ2) is 8.03. The maximum absolute atomic E-state index is 12.4. The minimum Gasteiger partial charge on any atom is -0.342 e. The Labute approximate surface area is 169 Å². The van der Waals surface area contributed by atoms with Crippen LogP contribution in [0.2, 0.25) is 0 Å². The van der Waals surface area contributed by atoms with E-state index in [1.807, 2.05) is 37.3 Å². The summed E-state index contributed by atoms with van der Waals surface area (Å²) in [5.41, 5.74) is 1.76. The van der Waals surface area contributed by atoms with Crippen molar-refractivity contribution in [2.75, 3.05) is 13.2 Å². The molecule has 4 rings (SSSR count). The third kappa shape index (κ3) is 4.38. The maximum atomic E-state index is 12.4. The van der Waals surface area contributed by atoms with Crippen LogP contribution in [0.4, 0.5) is 0 Å². The van der Waals surface area contributed by atoms with Crippen LogP contribution < -0.4 is 0 Å². The highest BCUT2D eigenvalue weighted by Crippen LogP contribution is 2.36. The van der Waals surface area contributed by atoms with E-state index in [2.05, 4.69) is 10.2 Å². The fourth-order valence-corrected chi connectivity index (χ4v) is 4.05. The van der Waals surface area contributed by atoms with Gasteiger partial charge in [0.2, 0.25) is 5.79 Å². The number of nitrogens with zero attached hydrogens (tertiary/aromatic N) is 3. The van der Waals surface area contributed by atoms with Crippen molar-refractivity contribution in [1.29, 1.82) is 0 Å². The van der Waals surface area contributed by atoms with Gasteiger partial charge in [-0.3, -0.25) is 4.18 Å². The Kier molecular flexibility index (Phi) is 5.46. The van der Waals surface area contributed by atoms with Crippen LogP contribution in [0.15, 0.2) is 71.9 Å². The lowest BCUT2D eigenvalue weighted by atomic mass is 10.1. The summed E-state index contributed by atoms with van der Waals surface area (Å²) in [6, 6.07) is 15.9. The lowest BCUT2D eigenvalue weighted by Crippen LogP contribution is -2.35. The molecule has 29 heavy (non-hydrogen) atoms. The highest BCUT2D eigenvalue weighted by Gasteiger charge is 2.44. The van der Waals surface area contributed by atoms with Crippen LogP contribution in [0.5, 0.6) is 0 Å². The third-order valence-corrected chi connectivity index (χ3v) is 5.90. The molecular weight excluding hydrogens is 394 g/mol. The van der Waals surface area contributed by atoms with Crippen LogP contribution in [0.1, 0.15) is 11.1 Å². The highest BCUT2D eigenvalue weighted by molar-refractivity contribution is 7.86. The first kappa shape index (κ1) is 19.7. The summed E-state index contributed by atoms with van der Waals surface area (Å²) in [5.74, 6) is -1.12. The van der Waals surface area contributed by atoms with Crippen molar-refractivity contribution in [3.05, 3.63) is 78.1 Å². The Morgan fingerprint density at radius 3 is 2.48 bits per heavy atom. The van der Waals surface area contributed by atoms with Gasteiger partial charge in [-0.2, -0.15) is 23.4 Å². The van der Waals surface area contributed by atoms with E-state index >= 15 is 0 Å². The average molecular weight is 415 g/mol. The van der Waals surface area contributed by atoms with E-state index in [4.69, 9.17) is 13.7 Å². The molecule has 1 aliphatic heterocycles. The second-order valence-electron chi connectivity index (χ2n) is 6.78. The summed E-state index contributed by atoms with van der Waals surface area (Å²) in [6.45, 7) is 2.14. The van der Waals surface area contributed by atoms with Gasteiger partial charge in [0.25, 0.3) is 10.1 Å².